The molecule has 0 aliphatic carbocycles. The summed E-state index contributed by atoms with van der Waals surface area (Å²) in [4.78, 5) is 14.4. The van der Waals surface area contributed by atoms with Gasteiger partial charge < -0.3 is 10.6 Å². The normalized spacial score (nSPS) is 10.4. The molecule has 0 saturated carbocycles. The van der Waals surface area contributed by atoms with Gasteiger partial charge in [-0.05, 0) is 52.7 Å². The standard InChI is InChI=1S/C16H16BrClN2O/c1-2-20(10-11-5-3-6-12(19)9-11)16(21)13-7-4-8-14(17)15(13)18/h3-9H,2,10,19H2,1H3. The summed E-state index contributed by atoms with van der Waals surface area (Å²) >= 11 is 9.55. The highest BCUT2D eigenvalue weighted by Crippen LogP contribution is 2.27. The smallest absolute Gasteiger partial charge is 0.255 e. The molecule has 0 unspecified atom stereocenters. The number of carbonyl (C=O) groups is 1. The van der Waals surface area contributed by atoms with Crippen LogP contribution in [-0.2, 0) is 6.54 Å². The van der Waals surface area contributed by atoms with Crippen LogP contribution in [0.4, 0.5) is 5.69 Å². The Morgan fingerprint density at radius 1 is 1.29 bits per heavy atom. The number of hydrogen-bond donors (Lipinski definition) is 1. The van der Waals surface area contributed by atoms with Crippen LogP contribution in [0.25, 0.3) is 0 Å². The van der Waals surface area contributed by atoms with E-state index in [9.17, 15) is 4.79 Å². The van der Waals surface area contributed by atoms with Crippen LogP contribution < -0.4 is 5.73 Å². The molecule has 1 amide bonds. The zero-order chi connectivity index (χ0) is 15.4. The van der Waals surface area contributed by atoms with Crippen LogP contribution in [0.3, 0.4) is 0 Å². The predicted molar refractivity (Wildman–Crippen MR) is 90.4 cm³/mol. The summed E-state index contributed by atoms with van der Waals surface area (Å²) in [5.74, 6) is -0.0915. The Morgan fingerprint density at radius 3 is 2.67 bits per heavy atom. The predicted octanol–water partition coefficient (Wildman–Crippen LogP) is 4.35. The minimum absolute atomic E-state index is 0.0915. The van der Waals surface area contributed by atoms with Gasteiger partial charge in [0.2, 0.25) is 0 Å². The summed E-state index contributed by atoms with van der Waals surface area (Å²) in [6.07, 6.45) is 0. The molecule has 3 nitrogen and oxygen atoms in total. The van der Waals surface area contributed by atoms with Gasteiger partial charge in [-0.15, -0.1) is 0 Å². The molecule has 2 rings (SSSR count). The molecule has 0 heterocycles. The molecule has 0 aromatic heterocycles. The summed E-state index contributed by atoms with van der Waals surface area (Å²) in [5, 5.41) is 0.438. The third-order valence-corrected chi connectivity index (χ3v) is 4.47. The molecule has 21 heavy (non-hydrogen) atoms. The largest absolute Gasteiger partial charge is 0.399 e. The maximum absolute atomic E-state index is 12.6. The molecular weight excluding hydrogens is 352 g/mol. The Kier molecular flexibility index (Phi) is 5.26. The van der Waals surface area contributed by atoms with E-state index in [2.05, 4.69) is 15.9 Å². The lowest BCUT2D eigenvalue weighted by Gasteiger charge is -2.22. The summed E-state index contributed by atoms with van der Waals surface area (Å²) < 4.78 is 0.718. The van der Waals surface area contributed by atoms with E-state index in [0.29, 0.717) is 29.4 Å². The molecule has 0 aliphatic rings. The third-order valence-electron chi connectivity index (χ3n) is 3.18. The Labute approximate surface area is 137 Å². The summed E-state index contributed by atoms with van der Waals surface area (Å²) in [7, 11) is 0. The number of carbonyl (C=O) groups excluding carboxylic acids is 1. The van der Waals surface area contributed by atoms with E-state index >= 15 is 0 Å². The van der Waals surface area contributed by atoms with Crippen LogP contribution in [0, 0.1) is 0 Å². The maximum atomic E-state index is 12.6. The average molecular weight is 368 g/mol. The van der Waals surface area contributed by atoms with Crippen molar-refractivity contribution in [3.8, 4) is 0 Å². The second-order valence-corrected chi connectivity index (χ2v) is 5.90. The lowest BCUT2D eigenvalue weighted by atomic mass is 10.1. The minimum Gasteiger partial charge on any atom is -0.399 e. The van der Waals surface area contributed by atoms with Gasteiger partial charge in [-0.1, -0.05) is 29.8 Å². The Hall–Kier alpha value is -1.52. The first-order valence-electron chi connectivity index (χ1n) is 6.60. The van der Waals surface area contributed by atoms with Crippen molar-refractivity contribution in [1.82, 2.24) is 4.90 Å². The molecular formula is C16H16BrClN2O. The molecule has 0 bridgehead atoms. The van der Waals surface area contributed by atoms with E-state index in [1.54, 1.807) is 17.0 Å². The van der Waals surface area contributed by atoms with Crippen molar-refractivity contribution in [2.75, 3.05) is 12.3 Å². The number of nitrogens with two attached hydrogens (primary N) is 1. The topological polar surface area (TPSA) is 46.3 Å². The van der Waals surface area contributed by atoms with E-state index in [1.807, 2.05) is 37.3 Å². The van der Waals surface area contributed by atoms with Crippen LogP contribution in [-0.4, -0.2) is 17.4 Å². The number of halogens is 2. The number of amides is 1. The van der Waals surface area contributed by atoms with Gasteiger partial charge >= 0.3 is 0 Å². The van der Waals surface area contributed by atoms with Gasteiger partial charge in [0.05, 0.1) is 10.6 Å². The number of nitrogens with zero attached hydrogens (tertiary/aromatic N) is 1. The lowest BCUT2D eigenvalue weighted by Crippen LogP contribution is -2.30. The summed E-state index contributed by atoms with van der Waals surface area (Å²) in [5.41, 5.74) is 7.96. The van der Waals surface area contributed by atoms with Crippen LogP contribution in [0.5, 0.6) is 0 Å². The molecule has 5 heteroatoms. The number of hydrogen-bond acceptors (Lipinski definition) is 2. The molecule has 2 N–H and O–H groups in total. The van der Waals surface area contributed by atoms with Crippen molar-refractivity contribution in [1.29, 1.82) is 0 Å². The summed E-state index contributed by atoms with van der Waals surface area (Å²) in [6.45, 7) is 3.04. The van der Waals surface area contributed by atoms with Crippen molar-refractivity contribution in [2.45, 2.75) is 13.5 Å². The third kappa shape index (κ3) is 3.77. The average Bonchev–Trinajstić information content (AvgIpc) is 2.47. The molecule has 0 aliphatic heterocycles. The highest BCUT2D eigenvalue weighted by molar-refractivity contribution is 9.10. The molecule has 0 atom stereocenters. The molecule has 0 spiro atoms. The van der Waals surface area contributed by atoms with E-state index < -0.39 is 0 Å². The lowest BCUT2D eigenvalue weighted by molar-refractivity contribution is 0.0752. The molecule has 2 aromatic carbocycles. The molecule has 0 fully saturated rings. The number of rotatable bonds is 4. The second-order valence-electron chi connectivity index (χ2n) is 4.67. The van der Waals surface area contributed by atoms with Gasteiger partial charge in [-0.3, -0.25) is 4.79 Å². The molecule has 110 valence electrons. The van der Waals surface area contributed by atoms with Gasteiger partial charge in [-0.2, -0.15) is 0 Å². The number of nitrogen functional groups attached to an aromatic ring is 1. The highest BCUT2D eigenvalue weighted by atomic mass is 79.9. The van der Waals surface area contributed by atoms with E-state index in [0.717, 1.165) is 10.0 Å². The zero-order valence-corrected chi connectivity index (χ0v) is 14.0. The fraction of sp³-hybridized carbons (Fsp3) is 0.188. The van der Waals surface area contributed by atoms with Gasteiger partial charge in [0, 0.05) is 23.2 Å². The van der Waals surface area contributed by atoms with Crippen LogP contribution in [0.1, 0.15) is 22.8 Å². The van der Waals surface area contributed by atoms with Gasteiger partial charge in [0.1, 0.15) is 0 Å². The SMILES string of the molecule is CCN(Cc1cccc(N)c1)C(=O)c1cccc(Br)c1Cl. The fourth-order valence-electron chi connectivity index (χ4n) is 2.08. The van der Waals surface area contributed by atoms with Crippen molar-refractivity contribution >= 4 is 39.1 Å². The minimum atomic E-state index is -0.0915. The Balaban J connectivity index is 2.25. The monoisotopic (exact) mass is 366 g/mol. The zero-order valence-electron chi connectivity index (χ0n) is 11.6. The maximum Gasteiger partial charge on any atom is 0.255 e. The second kappa shape index (κ2) is 6.96. The van der Waals surface area contributed by atoms with Crippen molar-refractivity contribution < 1.29 is 4.79 Å². The van der Waals surface area contributed by atoms with Gasteiger partial charge in [-0.25, -0.2) is 0 Å². The fourth-order valence-corrected chi connectivity index (χ4v) is 2.65. The van der Waals surface area contributed by atoms with Crippen LogP contribution in [0.15, 0.2) is 46.9 Å². The van der Waals surface area contributed by atoms with E-state index in [4.69, 9.17) is 17.3 Å². The quantitative estimate of drug-likeness (QED) is 0.817. The highest BCUT2D eigenvalue weighted by Gasteiger charge is 2.18. The first-order valence-corrected chi connectivity index (χ1v) is 7.77. The van der Waals surface area contributed by atoms with Crippen LogP contribution >= 0.6 is 27.5 Å². The van der Waals surface area contributed by atoms with Crippen molar-refractivity contribution in [3.63, 3.8) is 0 Å². The molecule has 0 radical (unpaired) electrons. The number of benzene rings is 2. The molecule has 0 saturated heterocycles. The Morgan fingerprint density at radius 2 is 2.00 bits per heavy atom. The number of anilines is 1. The first-order chi connectivity index (χ1) is 10.0. The van der Waals surface area contributed by atoms with Gasteiger partial charge in [0.25, 0.3) is 5.91 Å². The Bertz CT molecular complexity index is 660. The van der Waals surface area contributed by atoms with Crippen molar-refractivity contribution in [2.24, 2.45) is 0 Å². The van der Waals surface area contributed by atoms with E-state index in [1.165, 1.54) is 0 Å². The van der Waals surface area contributed by atoms with Crippen molar-refractivity contribution in [3.05, 3.63) is 63.1 Å². The van der Waals surface area contributed by atoms with Crippen LogP contribution in [0.2, 0.25) is 5.02 Å². The van der Waals surface area contributed by atoms with E-state index in [-0.39, 0.29) is 5.91 Å². The first kappa shape index (κ1) is 15.9. The van der Waals surface area contributed by atoms with Gasteiger partial charge in [0.15, 0.2) is 0 Å². The molecule has 2 aromatic rings. The summed E-state index contributed by atoms with van der Waals surface area (Å²) in [6, 6.07) is 12.9.